The van der Waals surface area contributed by atoms with Crippen LogP contribution in [0.3, 0.4) is 0 Å². The SMILES string of the molecule is C=CCNS(=O)(=O)c1cccc(C(=O)Nc2nc(C(C)(C)C)cs2)c1. The quantitative estimate of drug-likeness (QED) is 0.755. The summed E-state index contributed by atoms with van der Waals surface area (Å²) in [5.41, 5.74) is 1.02. The summed E-state index contributed by atoms with van der Waals surface area (Å²) in [5, 5.41) is 5.09. The molecule has 8 heteroatoms. The Labute approximate surface area is 152 Å². The Balaban J connectivity index is 2.19. The highest BCUT2D eigenvalue weighted by Gasteiger charge is 2.19. The van der Waals surface area contributed by atoms with Crippen LogP contribution in [0.5, 0.6) is 0 Å². The van der Waals surface area contributed by atoms with Crippen molar-refractivity contribution in [2.45, 2.75) is 31.1 Å². The summed E-state index contributed by atoms with van der Waals surface area (Å²) in [4.78, 5) is 16.8. The smallest absolute Gasteiger partial charge is 0.257 e. The molecule has 0 atom stereocenters. The van der Waals surface area contributed by atoms with Crippen LogP contribution in [-0.4, -0.2) is 25.9 Å². The molecule has 6 nitrogen and oxygen atoms in total. The molecule has 1 aromatic carbocycles. The van der Waals surface area contributed by atoms with E-state index in [0.29, 0.717) is 5.13 Å². The molecule has 2 aromatic rings. The van der Waals surface area contributed by atoms with Gasteiger partial charge in [0.1, 0.15) is 0 Å². The molecular weight excluding hydrogens is 358 g/mol. The Morgan fingerprint density at radius 1 is 1.36 bits per heavy atom. The molecule has 1 aromatic heterocycles. The van der Waals surface area contributed by atoms with Crippen molar-refractivity contribution in [2.75, 3.05) is 11.9 Å². The number of hydrogen-bond donors (Lipinski definition) is 2. The largest absolute Gasteiger partial charge is 0.298 e. The van der Waals surface area contributed by atoms with Gasteiger partial charge in [0.15, 0.2) is 5.13 Å². The van der Waals surface area contributed by atoms with Crippen molar-refractivity contribution in [3.63, 3.8) is 0 Å². The Bertz CT molecular complexity index is 881. The van der Waals surface area contributed by atoms with Crippen molar-refractivity contribution in [1.29, 1.82) is 0 Å². The molecule has 2 rings (SSSR count). The number of sulfonamides is 1. The van der Waals surface area contributed by atoms with Crippen LogP contribution in [-0.2, 0) is 15.4 Å². The fourth-order valence-corrected chi connectivity index (χ4v) is 3.88. The maximum atomic E-state index is 12.4. The van der Waals surface area contributed by atoms with E-state index < -0.39 is 15.9 Å². The first-order valence-corrected chi connectivity index (χ1v) is 9.98. The van der Waals surface area contributed by atoms with Crippen molar-refractivity contribution >= 4 is 32.4 Å². The molecule has 0 bridgehead atoms. The number of benzene rings is 1. The lowest BCUT2D eigenvalue weighted by Gasteiger charge is -2.14. The van der Waals surface area contributed by atoms with Gasteiger partial charge in [-0.2, -0.15) is 0 Å². The van der Waals surface area contributed by atoms with E-state index >= 15 is 0 Å². The highest BCUT2D eigenvalue weighted by Crippen LogP contribution is 2.26. The number of nitrogens with one attached hydrogen (secondary N) is 2. The van der Waals surface area contributed by atoms with Crippen LogP contribution in [0.1, 0.15) is 36.8 Å². The number of anilines is 1. The van der Waals surface area contributed by atoms with Gasteiger partial charge in [-0.15, -0.1) is 17.9 Å². The van der Waals surface area contributed by atoms with Crippen molar-refractivity contribution in [3.8, 4) is 0 Å². The number of nitrogens with zero attached hydrogens (tertiary/aromatic N) is 1. The third kappa shape index (κ3) is 4.97. The first-order chi connectivity index (χ1) is 11.6. The number of rotatable bonds is 6. The van der Waals surface area contributed by atoms with E-state index in [1.54, 1.807) is 6.07 Å². The number of amides is 1. The molecule has 0 unspecified atom stereocenters. The minimum atomic E-state index is -3.68. The molecule has 0 fully saturated rings. The highest BCUT2D eigenvalue weighted by molar-refractivity contribution is 7.89. The molecule has 25 heavy (non-hydrogen) atoms. The molecule has 2 N–H and O–H groups in total. The summed E-state index contributed by atoms with van der Waals surface area (Å²) < 4.78 is 26.6. The lowest BCUT2D eigenvalue weighted by atomic mass is 9.93. The minimum absolute atomic E-state index is 0.0246. The standard InChI is InChI=1S/C17H21N3O3S2/c1-5-9-18-25(22,23)13-8-6-7-12(10-13)15(21)20-16-19-14(11-24-16)17(2,3)4/h5-8,10-11,18H,1,9H2,2-4H3,(H,19,20,21). The van der Waals surface area contributed by atoms with E-state index in [0.717, 1.165) is 5.69 Å². The summed E-state index contributed by atoms with van der Waals surface area (Å²) in [5.74, 6) is -0.407. The van der Waals surface area contributed by atoms with Gasteiger partial charge in [-0.1, -0.05) is 32.9 Å². The molecule has 0 saturated carbocycles. The zero-order valence-corrected chi connectivity index (χ0v) is 16.0. The van der Waals surface area contributed by atoms with E-state index in [2.05, 4.69) is 21.6 Å². The minimum Gasteiger partial charge on any atom is -0.298 e. The molecule has 0 radical (unpaired) electrons. The first-order valence-electron chi connectivity index (χ1n) is 7.61. The van der Waals surface area contributed by atoms with E-state index in [1.165, 1.54) is 35.6 Å². The van der Waals surface area contributed by atoms with Gasteiger partial charge >= 0.3 is 0 Å². The molecule has 0 saturated heterocycles. The topological polar surface area (TPSA) is 88.2 Å². The number of aromatic nitrogens is 1. The predicted octanol–water partition coefficient (Wildman–Crippen LogP) is 3.16. The fraction of sp³-hybridized carbons (Fsp3) is 0.294. The van der Waals surface area contributed by atoms with Crippen LogP contribution >= 0.6 is 11.3 Å². The van der Waals surface area contributed by atoms with Crippen LogP contribution in [0, 0.1) is 0 Å². The van der Waals surface area contributed by atoms with Crippen molar-refractivity contribution in [2.24, 2.45) is 0 Å². The van der Waals surface area contributed by atoms with Crippen molar-refractivity contribution in [1.82, 2.24) is 9.71 Å². The van der Waals surface area contributed by atoms with E-state index in [-0.39, 0.29) is 22.4 Å². The van der Waals surface area contributed by atoms with Crippen molar-refractivity contribution < 1.29 is 13.2 Å². The number of thiazole rings is 1. The van der Waals surface area contributed by atoms with Crippen LogP contribution in [0.2, 0.25) is 0 Å². The van der Waals surface area contributed by atoms with Crippen LogP contribution in [0.4, 0.5) is 5.13 Å². The maximum Gasteiger partial charge on any atom is 0.257 e. The Morgan fingerprint density at radius 2 is 2.08 bits per heavy atom. The molecule has 1 amide bonds. The van der Waals surface area contributed by atoms with Crippen LogP contribution in [0.25, 0.3) is 0 Å². The van der Waals surface area contributed by atoms with Gasteiger partial charge in [0.2, 0.25) is 10.0 Å². The lowest BCUT2D eigenvalue weighted by molar-refractivity contribution is 0.102. The normalized spacial score (nSPS) is 12.0. The number of carbonyl (C=O) groups excluding carboxylic acids is 1. The fourth-order valence-electron chi connectivity index (χ4n) is 1.90. The predicted molar refractivity (Wildman–Crippen MR) is 101 cm³/mol. The second-order valence-electron chi connectivity index (χ2n) is 6.41. The Morgan fingerprint density at radius 3 is 2.68 bits per heavy atom. The molecule has 0 aliphatic rings. The van der Waals surface area contributed by atoms with Crippen LogP contribution < -0.4 is 10.0 Å². The summed E-state index contributed by atoms with van der Waals surface area (Å²) >= 11 is 1.34. The van der Waals surface area contributed by atoms with E-state index in [4.69, 9.17) is 0 Å². The van der Waals surface area contributed by atoms with E-state index in [1.807, 2.05) is 26.2 Å². The molecule has 134 valence electrons. The van der Waals surface area contributed by atoms with Gasteiger partial charge in [-0.05, 0) is 18.2 Å². The molecular formula is C17H21N3O3S2. The summed E-state index contributed by atoms with van der Waals surface area (Å²) in [6.07, 6.45) is 1.45. The van der Waals surface area contributed by atoms with E-state index in [9.17, 15) is 13.2 Å². The van der Waals surface area contributed by atoms with Gasteiger partial charge < -0.3 is 0 Å². The van der Waals surface area contributed by atoms with Gasteiger partial charge in [-0.25, -0.2) is 18.1 Å². The lowest BCUT2D eigenvalue weighted by Crippen LogP contribution is -2.24. The zero-order chi connectivity index (χ0) is 18.7. The van der Waals surface area contributed by atoms with Crippen molar-refractivity contribution in [3.05, 3.63) is 53.6 Å². The first kappa shape index (κ1) is 19.3. The summed E-state index contributed by atoms with van der Waals surface area (Å²) in [7, 11) is -3.68. The third-order valence-corrected chi connectivity index (χ3v) is 5.50. The average Bonchev–Trinajstić information content (AvgIpc) is 3.02. The van der Waals surface area contributed by atoms with Crippen LogP contribution in [0.15, 0.2) is 47.2 Å². The monoisotopic (exact) mass is 379 g/mol. The van der Waals surface area contributed by atoms with Gasteiger partial charge in [0.05, 0.1) is 10.6 Å². The number of hydrogen-bond acceptors (Lipinski definition) is 5. The molecule has 0 aliphatic heterocycles. The molecule has 1 heterocycles. The number of carbonyl (C=O) groups is 1. The second kappa shape index (κ2) is 7.47. The zero-order valence-electron chi connectivity index (χ0n) is 14.4. The molecule has 0 spiro atoms. The third-order valence-electron chi connectivity index (χ3n) is 3.32. The summed E-state index contributed by atoms with van der Waals surface area (Å²) in [6, 6.07) is 5.85. The maximum absolute atomic E-state index is 12.4. The molecule has 0 aliphatic carbocycles. The van der Waals surface area contributed by atoms with Gasteiger partial charge in [0, 0.05) is 22.9 Å². The second-order valence-corrected chi connectivity index (χ2v) is 9.04. The van der Waals surface area contributed by atoms with Gasteiger partial charge in [0.25, 0.3) is 5.91 Å². The Kier molecular flexibility index (Phi) is 5.76. The average molecular weight is 380 g/mol. The summed E-state index contributed by atoms with van der Waals surface area (Å²) in [6.45, 7) is 9.71. The van der Waals surface area contributed by atoms with Gasteiger partial charge in [-0.3, -0.25) is 10.1 Å². The highest BCUT2D eigenvalue weighted by atomic mass is 32.2. The Hall–Kier alpha value is -2.03.